The molecular formula is C28H34ClN3O3. The largest absolute Gasteiger partial charge is 0.437 e. The normalized spacial score (nSPS) is 16.5. The number of aryl methyl sites for hydroxylation is 1. The van der Waals surface area contributed by atoms with E-state index in [1.807, 2.05) is 72.3 Å². The number of nitrogens with zero attached hydrogens (tertiary/aromatic N) is 3. The van der Waals surface area contributed by atoms with Crippen molar-refractivity contribution in [2.45, 2.75) is 51.4 Å². The van der Waals surface area contributed by atoms with E-state index in [1.165, 1.54) is 0 Å². The van der Waals surface area contributed by atoms with Crippen LogP contribution in [-0.4, -0.2) is 51.7 Å². The summed E-state index contributed by atoms with van der Waals surface area (Å²) in [7, 11) is 0. The van der Waals surface area contributed by atoms with Gasteiger partial charge in [-0.05, 0) is 56.9 Å². The van der Waals surface area contributed by atoms with Gasteiger partial charge in [0.2, 0.25) is 5.88 Å². The minimum atomic E-state index is -0.452. The van der Waals surface area contributed by atoms with Crippen molar-refractivity contribution >= 4 is 11.6 Å². The molecule has 1 saturated heterocycles. The van der Waals surface area contributed by atoms with Gasteiger partial charge in [-0.15, -0.1) is 6.58 Å². The van der Waals surface area contributed by atoms with Crippen molar-refractivity contribution in [3.8, 4) is 17.3 Å². The van der Waals surface area contributed by atoms with Crippen LogP contribution in [0.2, 0.25) is 5.02 Å². The lowest BCUT2D eigenvalue weighted by Crippen LogP contribution is -2.37. The van der Waals surface area contributed by atoms with Gasteiger partial charge in [0, 0.05) is 26.2 Å². The zero-order chi connectivity index (χ0) is 24.6. The highest BCUT2D eigenvalue weighted by molar-refractivity contribution is 6.32. The smallest absolute Gasteiger partial charge is 0.227 e. The topological polar surface area (TPSA) is 59.8 Å². The lowest BCUT2D eigenvalue weighted by atomic mass is 10.1. The van der Waals surface area contributed by atoms with Crippen molar-refractivity contribution in [3.63, 3.8) is 0 Å². The molecule has 0 saturated carbocycles. The van der Waals surface area contributed by atoms with Crippen LogP contribution in [0.1, 0.15) is 36.9 Å². The number of hydrogen-bond acceptors (Lipinski definition) is 5. The second-order valence-corrected chi connectivity index (χ2v) is 9.41. The number of aliphatic hydroxyl groups is 1. The van der Waals surface area contributed by atoms with Gasteiger partial charge in [0.05, 0.1) is 34.2 Å². The maximum atomic E-state index is 10.7. The number of hydrogen-bond donors (Lipinski definition) is 1. The molecule has 1 fully saturated rings. The fraction of sp³-hybridized carbons (Fsp3) is 0.393. The number of aliphatic hydroxyl groups excluding tert-OH is 1. The molecule has 0 bridgehead atoms. The predicted octanol–water partition coefficient (Wildman–Crippen LogP) is 5.93. The van der Waals surface area contributed by atoms with Gasteiger partial charge in [-0.3, -0.25) is 4.90 Å². The second kappa shape index (κ2) is 12.4. The van der Waals surface area contributed by atoms with E-state index in [1.54, 1.807) is 0 Å². The van der Waals surface area contributed by atoms with E-state index in [9.17, 15) is 5.11 Å². The molecule has 1 N–H and O–H groups in total. The number of allylic oxidation sites excluding steroid dienone is 1. The van der Waals surface area contributed by atoms with Crippen LogP contribution in [0.15, 0.2) is 67.3 Å². The van der Waals surface area contributed by atoms with E-state index in [-0.39, 0.29) is 6.10 Å². The number of ether oxygens (including phenoxy) is 2. The van der Waals surface area contributed by atoms with Crippen LogP contribution < -0.4 is 4.74 Å². The summed E-state index contributed by atoms with van der Waals surface area (Å²) in [6.45, 7) is 8.42. The fourth-order valence-electron chi connectivity index (χ4n) is 4.40. The van der Waals surface area contributed by atoms with Crippen LogP contribution in [0.5, 0.6) is 11.6 Å². The molecular weight excluding hydrogens is 462 g/mol. The Bertz CT molecular complexity index is 1100. The Labute approximate surface area is 212 Å². The number of halogens is 1. The minimum Gasteiger partial charge on any atom is -0.437 e. The highest BCUT2D eigenvalue weighted by atomic mass is 35.5. The molecule has 7 heteroatoms. The molecule has 0 spiro atoms. The number of rotatable bonds is 12. The van der Waals surface area contributed by atoms with Crippen molar-refractivity contribution in [2.75, 3.05) is 19.7 Å². The molecule has 0 unspecified atom stereocenters. The lowest BCUT2D eigenvalue weighted by Gasteiger charge is -2.27. The molecule has 0 radical (unpaired) electrons. The van der Waals surface area contributed by atoms with Gasteiger partial charge in [0.1, 0.15) is 5.75 Å². The molecule has 3 aromatic rings. The summed E-state index contributed by atoms with van der Waals surface area (Å²) >= 11 is 6.45. The Morgan fingerprint density at radius 1 is 1.26 bits per heavy atom. The standard InChI is InChI=1S/C28H34ClN3O3/c1-3-4-13-23(33)18-31(19-24-14-10-17-34-24)20-25-21(2)30-32(22-11-6-5-7-12-22)28(25)35-27-16-9-8-15-26(27)29/h3,5-9,11-12,15-16,23-24,33H,1,4,10,13-14,17-20H2,2H3/t23-,24+/m0/s1. The maximum Gasteiger partial charge on any atom is 0.227 e. The van der Waals surface area contributed by atoms with Crippen molar-refractivity contribution in [2.24, 2.45) is 0 Å². The zero-order valence-electron chi connectivity index (χ0n) is 20.3. The van der Waals surface area contributed by atoms with Crippen molar-refractivity contribution in [1.82, 2.24) is 14.7 Å². The van der Waals surface area contributed by atoms with Crippen LogP contribution in [0.3, 0.4) is 0 Å². The van der Waals surface area contributed by atoms with E-state index < -0.39 is 6.10 Å². The van der Waals surface area contributed by atoms with Crippen LogP contribution in [0.25, 0.3) is 5.69 Å². The lowest BCUT2D eigenvalue weighted by molar-refractivity contribution is 0.0442. The number of benzene rings is 2. The summed E-state index contributed by atoms with van der Waals surface area (Å²) in [6.07, 6.45) is 5.12. The van der Waals surface area contributed by atoms with Crippen LogP contribution in [0, 0.1) is 6.92 Å². The summed E-state index contributed by atoms with van der Waals surface area (Å²) < 4.78 is 14.2. The summed E-state index contributed by atoms with van der Waals surface area (Å²) in [5.41, 5.74) is 2.73. The minimum absolute atomic E-state index is 0.166. The zero-order valence-corrected chi connectivity index (χ0v) is 21.0. The first-order valence-electron chi connectivity index (χ1n) is 12.2. The average Bonchev–Trinajstić information content (AvgIpc) is 3.48. The van der Waals surface area contributed by atoms with Crippen molar-refractivity contribution < 1.29 is 14.6 Å². The highest BCUT2D eigenvalue weighted by Crippen LogP contribution is 2.35. The summed E-state index contributed by atoms with van der Waals surface area (Å²) in [6, 6.07) is 17.4. The summed E-state index contributed by atoms with van der Waals surface area (Å²) in [5.74, 6) is 1.20. The molecule has 35 heavy (non-hydrogen) atoms. The van der Waals surface area contributed by atoms with Gasteiger partial charge in [-0.1, -0.05) is 48.0 Å². The monoisotopic (exact) mass is 495 g/mol. The quantitative estimate of drug-likeness (QED) is 0.315. The van der Waals surface area contributed by atoms with Crippen LogP contribution in [-0.2, 0) is 11.3 Å². The Morgan fingerprint density at radius 2 is 2.03 bits per heavy atom. The van der Waals surface area contributed by atoms with Crippen molar-refractivity contribution in [1.29, 1.82) is 0 Å². The van der Waals surface area contributed by atoms with E-state index in [0.29, 0.717) is 36.2 Å². The molecule has 1 aliphatic heterocycles. The molecule has 2 heterocycles. The average molecular weight is 496 g/mol. The van der Waals surface area contributed by atoms with E-state index in [4.69, 9.17) is 26.2 Å². The second-order valence-electron chi connectivity index (χ2n) is 9.00. The third kappa shape index (κ3) is 6.73. The van der Waals surface area contributed by atoms with Crippen molar-refractivity contribution in [3.05, 3.63) is 83.5 Å². The Hall–Kier alpha value is -2.64. The molecule has 2 atom stereocenters. The molecule has 0 amide bonds. The number of para-hydroxylation sites is 2. The third-order valence-electron chi connectivity index (χ3n) is 6.22. The first-order chi connectivity index (χ1) is 17.0. The first kappa shape index (κ1) is 25.5. The van der Waals surface area contributed by atoms with Gasteiger partial charge in [-0.2, -0.15) is 5.10 Å². The van der Waals surface area contributed by atoms with Gasteiger partial charge in [0.15, 0.2) is 0 Å². The maximum absolute atomic E-state index is 10.7. The van der Waals surface area contributed by atoms with Crippen LogP contribution in [0.4, 0.5) is 0 Å². The SMILES string of the molecule is C=CCC[C@H](O)CN(Cc1c(C)nn(-c2ccccc2)c1Oc1ccccc1Cl)C[C@H]1CCCO1. The molecule has 6 nitrogen and oxygen atoms in total. The molecule has 1 aromatic heterocycles. The summed E-state index contributed by atoms with van der Waals surface area (Å²) in [5, 5.41) is 16.1. The first-order valence-corrected chi connectivity index (χ1v) is 12.6. The van der Waals surface area contributed by atoms with E-state index >= 15 is 0 Å². The molecule has 4 rings (SSSR count). The van der Waals surface area contributed by atoms with Gasteiger partial charge < -0.3 is 14.6 Å². The molecule has 0 aliphatic carbocycles. The van der Waals surface area contributed by atoms with Gasteiger partial charge in [0.25, 0.3) is 0 Å². The molecule has 186 valence electrons. The van der Waals surface area contributed by atoms with Gasteiger partial charge in [-0.25, -0.2) is 4.68 Å². The summed E-state index contributed by atoms with van der Waals surface area (Å²) in [4.78, 5) is 2.25. The Kier molecular flexibility index (Phi) is 8.99. The Balaban J connectivity index is 1.67. The molecule has 1 aliphatic rings. The predicted molar refractivity (Wildman–Crippen MR) is 140 cm³/mol. The van der Waals surface area contributed by atoms with Gasteiger partial charge >= 0.3 is 0 Å². The van der Waals surface area contributed by atoms with E-state index in [0.717, 1.165) is 49.4 Å². The number of aromatic nitrogens is 2. The highest BCUT2D eigenvalue weighted by Gasteiger charge is 2.26. The van der Waals surface area contributed by atoms with E-state index in [2.05, 4.69) is 11.5 Å². The Morgan fingerprint density at radius 3 is 2.74 bits per heavy atom. The fourth-order valence-corrected chi connectivity index (χ4v) is 4.58. The molecule has 2 aromatic carbocycles. The third-order valence-corrected chi connectivity index (χ3v) is 6.53. The van der Waals surface area contributed by atoms with Crippen LogP contribution >= 0.6 is 11.6 Å².